The fraction of sp³-hybridized carbons (Fsp3) is 0.667. The van der Waals surface area contributed by atoms with Crippen molar-refractivity contribution in [2.45, 2.75) is 32.5 Å². The van der Waals surface area contributed by atoms with Gasteiger partial charge in [0.2, 0.25) is 0 Å². The molecular formula is C12H15Br2ClS. The Kier molecular flexibility index (Phi) is 3.32. The van der Waals surface area contributed by atoms with E-state index in [9.17, 15) is 0 Å². The van der Waals surface area contributed by atoms with E-state index in [1.54, 1.807) is 11.3 Å². The molecule has 1 heterocycles. The summed E-state index contributed by atoms with van der Waals surface area (Å²) in [6.45, 7) is 9.37. The van der Waals surface area contributed by atoms with Gasteiger partial charge in [-0.2, -0.15) is 0 Å². The van der Waals surface area contributed by atoms with Gasteiger partial charge in [0.05, 0.1) is 13.6 Å². The first kappa shape index (κ1) is 13.4. The summed E-state index contributed by atoms with van der Waals surface area (Å²) in [6.07, 6.45) is 0. The van der Waals surface area contributed by atoms with Gasteiger partial charge in [-0.3, -0.25) is 0 Å². The van der Waals surface area contributed by atoms with Crippen LogP contribution in [0.15, 0.2) is 9.85 Å². The van der Waals surface area contributed by atoms with Crippen LogP contribution in [0, 0.1) is 16.7 Å². The summed E-state index contributed by atoms with van der Waals surface area (Å²) >= 11 is 15.1. The lowest BCUT2D eigenvalue weighted by Crippen LogP contribution is -1.96. The average molecular weight is 387 g/mol. The second-order valence-corrected chi connectivity index (χ2v) is 9.39. The molecule has 1 unspecified atom stereocenters. The summed E-state index contributed by atoms with van der Waals surface area (Å²) in [6, 6.07) is 2.07. The van der Waals surface area contributed by atoms with E-state index >= 15 is 0 Å². The molecule has 0 radical (unpaired) electrons. The van der Waals surface area contributed by atoms with Gasteiger partial charge in [0.25, 0.3) is 0 Å². The molecule has 1 aliphatic carbocycles. The van der Waals surface area contributed by atoms with Crippen molar-refractivity contribution < 1.29 is 0 Å². The standard InChI is InChI=1S/C12H15Br2ClS/c1-11(2)9(12(11,3)4)8(13)7-5-6(15)10(14)16-7/h5,8-9H,1-4H3. The molecule has 0 saturated heterocycles. The van der Waals surface area contributed by atoms with E-state index in [1.807, 2.05) is 0 Å². The molecule has 0 aromatic carbocycles. The van der Waals surface area contributed by atoms with E-state index in [0.717, 1.165) is 8.81 Å². The summed E-state index contributed by atoms with van der Waals surface area (Å²) < 4.78 is 1.03. The summed E-state index contributed by atoms with van der Waals surface area (Å²) in [5.74, 6) is 0.668. The predicted octanol–water partition coefficient (Wildman–Crippen LogP) is 6.28. The predicted molar refractivity (Wildman–Crippen MR) is 79.7 cm³/mol. The lowest BCUT2D eigenvalue weighted by atomic mass is 10.0. The van der Waals surface area contributed by atoms with Crippen molar-refractivity contribution in [3.63, 3.8) is 0 Å². The highest BCUT2D eigenvalue weighted by molar-refractivity contribution is 9.11. The minimum absolute atomic E-state index is 0.393. The van der Waals surface area contributed by atoms with Gasteiger partial charge in [-0.15, -0.1) is 11.3 Å². The van der Waals surface area contributed by atoms with Crippen LogP contribution in [0.2, 0.25) is 5.02 Å². The van der Waals surface area contributed by atoms with E-state index in [1.165, 1.54) is 4.88 Å². The Bertz CT molecular complexity index is 389. The number of hydrogen-bond donors (Lipinski definition) is 0. The topological polar surface area (TPSA) is 0 Å². The molecule has 0 amide bonds. The minimum Gasteiger partial charge on any atom is -0.130 e. The van der Waals surface area contributed by atoms with E-state index in [-0.39, 0.29) is 0 Å². The smallest absolute Gasteiger partial charge is 0.0887 e. The van der Waals surface area contributed by atoms with Crippen molar-refractivity contribution in [2.24, 2.45) is 16.7 Å². The van der Waals surface area contributed by atoms with Gasteiger partial charge in [0, 0.05) is 4.88 Å². The molecule has 1 atom stereocenters. The monoisotopic (exact) mass is 384 g/mol. The molecule has 1 aromatic rings. The Hall–Kier alpha value is 0.950. The zero-order chi connectivity index (χ0) is 12.3. The maximum absolute atomic E-state index is 6.08. The molecular weight excluding hydrogens is 371 g/mol. The van der Waals surface area contributed by atoms with Crippen molar-refractivity contribution in [1.29, 1.82) is 0 Å². The van der Waals surface area contributed by atoms with Gasteiger partial charge in [0.1, 0.15) is 0 Å². The summed E-state index contributed by atoms with van der Waals surface area (Å²) in [5.41, 5.74) is 0.786. The molecule has 1 saturated carbocycles. The zero-order valence-electron chi connectivity index (χ0n) is 9.77. The van der Waals surface area contributed by atoms with Crippen LogP contribution in [0.25, 0.3) is 0 Å². The van der Waals surface area contributed by atoms with Gasteiger partial charge in [-0.1, -0.05) is 55.2 Å². The Balaban J connectivity index is 2.25. The van der Waals surface area contributed by atoms with Crippen LogP contribution in [0.3, 0.4) is 0 Å². The first-order valence-corrected chi connectivity index (χ1v) is 8.18. The number of rotatable bonds is 2. The van der Waals surface area contributed by atoms with Crippen LogP contribution in [0.5, 0.6) is 0 Å². The largest absolute Gasteiger partial charge is 0.130 e. The van der Waals surface area contributed by atoms with Crippen molar-refractivity contribution in [2.75, 3.05) is 0 Å². The number of halogens is 3. The third-order valence-corrected chi connectivity index (χ3v) is 8.24. The molecule has 0 spiro atoms. The van der Waals surface area contributed by atoms with E-state index in [2.05, 4.69) is 65.6 Å². The maximum atomic E-state index is 6.08. The molecule has 0 N–H and O–H groups in total. The minimum atomic E-state index is 0.393. The lowest BCUT2D eigenvalue weighted by molar-refractivity contribution is 0.457. The highest BCUT2D eigenvalue weighted by Crippen LogP contribution is 2.74. The normalized spacial score (nSPS) is 24.4. The highest BCUT2D eigenvalue weighted by Gasteiger charge is 2.67. The maximum Gasteiger partial charge on any atom is 0.0887 e. The van der Waals surface area contributed by atoms with E-state index < -0.39 is 0 Å². The quantitative estimate of drug-likeness (QED) is 0.525. The fourth-order valence-corrected chi connectivity index (χ4v) is 6.14. The number of hydrogen-bond acceptors (Lipinski definition) is 1. The van der Waals surface area contributed by atoms with Gasteiger partial charge < -0.3 is 0 Å². The Morgan fingerprint density at radius 2 is 1.81 bits per heavy atom. The van der Waals surface area contributed by atoms with Gasteiger partial charge in [-0.05, 0) is 38.7 Å². The molecule has 1 fully saturated rings. The Morgan fingerprint density at radius 3 is 2.12 bits per heavy atom. The van der Waals surface area contributed by atoms with Crippen LogP contribution in [-0.4, -0.2) is 0 Å². The van der Waals surface area contributed by atoms with Crippen molar-refractivity contribution in [3.05, 3.63) is 19.8 Å². The summed E-state index contributed by atoms with van der Waals surface area (Å²) in [4.78, 5) is 1.73. The lowest BCUT2D eigenvalue weighted by Gasteiger charge is -2.09. The first-order valence-electron chi connectivity index (χ1n) is 5.28. The fourth-order valence-electron chi connectivity index (χ4n) is 2.64. The van der Waals surface area contributed by atoms with Crippen molar-refractivity contribution in [3.8, 4) is 0 Å². The third-order valence-electron chi connectivity index (χ3n) is 4.36. The molecule has 0 bridgehead atoms. The first-order chi connectivity index (χ1) is 7.19. The van der Waals surface area contributed by atoms with Crippen LogP contribution >= 0.6 is 54.8 Å². The van der Waals surface area contributed by atoms with Crippen LogP contribution in [0.4, 0.5) is 0 Å². The molecule has 0 aliphatic heterocycles. The summed E-state index contributed by atoms with van der Waals surface area (Å²) in [5, 5.41) is 0.820. The second kappa shape index (κ2) is 3.97. The molecule has 0 nitrogen and oxygen atoms in total. The SMILES string of the molecule is CC1(C)C(C(Br)c2cc(Cl)c(Br)s2)C1(C)C. The second-order valence-electron chi connectivity index (χ2n) is 5.59. The average Bonchev–Trinajstić information content (AvgIpc) is 2.39. The van der Waals surface area contributed by atoms with Crippen LogP contribution < -0.4 is 0 Å². The highest BCUT2D eigenvalue weighted by atomic mass is 79.9. The van der Waals surface area contributed by atoms with Crippen LogP contribution in [0.1, 0.15) is 37.4 Å². The third kappa shape index (κ3) is 1.82. The van der Waals surface area contributed by atoms with E-state index in [4.69, 9.17) is 11.6 Å². The Labute approximate surface area is 123 Å². The van der Waals surface area contributed by atoms with Crippen LogP contribution in [-0.2, 0) is 0 Å². The summed E-state index contributed by atoms with van der Waals surface area (Å²) in [7, 11) is 0. The number of thiophene rings is 1. The Morgan fingerprint density at radius 1 is 1.31 bits per heavy atom. The van der Waals surface area contributed by atoms with Gasteiger partial charge in [0.15, 0.2) is 0 Å². The van der Waals surface area contributed by atoms with Crippen molar-refractivity contribution >= 4 is 54.8 Å². The van der Waals surface area contributed by atoms with Crippen molar-refractivity contribution in [1.82, 2.24) is 0 Å². The molecule has 1 aromatic heterocycles. The number of alkyl halides is 1. The molecule has 2 rings (SSSR count). The zero-order valence-corrected chi connectivity index (χ0v) is 14.5. The molecule has 1 aliphatic rings. The van der Waals surface area contributed by atoms with E-state index in [0.29, 0.717) is 21.6 Å². The molecule has 16 heavy (non-hydrogen) atoms. The van der Waals surface area contributed by atoms with Gasteiger partial charge in [-0.25, -0.2) is 0 Å². The van der Waals surface area contributed by atoms with Gasteiger partial charge >= 0.3 is 0 Å². The molecule has 4 heteroatoms. The molecule has 90 valence electrons.